The van der Waals surface area contributed by atoms with E-state index in [2.05, 4.69) is 9.88 Å². The fourth-order valence-electron chi connectivity index (χ4n) is 2.61. The maximum absolute atomic E-state index is 13.8. The number of benzene rings is 1. The van der Waals surface area contributed by atoms with E-state index in [-0.39, 0.29) is 18.3 Å². The molecule has 1 aromatic carbocycles. The summed E-state index contributed by atoms with van der Waals surface area (Å²) in [6.07, 6.45) is 0. The van der Waals surface area contributed by atoms with Crippen LogP contribution in [0.2, 0.25) is 0 Å². The summed E-state index contributed by atoms with van der Waals surface area (Å²) in [5.41, 5.74) is 0.785. The number of nitrogens with zero attached hydrogens (tertiary/aromatic N) is 3. The van der Waals surface area contributed by atoms with E-state index in [1.54, 1.807) is 28.5 Å². The molecule has 3 rings (SSSR count). The standard InChI is InChI=1S/C16H18FN3O2S/c17-13-4-2-1-3-12(13)15-18-14(11-23-15)16(22)20-7-5-19(6-8-20)9-10-21/h1-4,11,21H,5-10H2. The number of piperazine rings is 1. The smallest absolute Gasteiger partial charge is 0.273 e. The monoisotopic (exact) mass is 335 g/mol. The number of thiazole rings is 1. The molecule has 0 spiro atoms. The minimum atomic E-state index is -0.335. The zero-order valence-electron chi connectivity index (χ0n) is 12.6. The van der Waals surface area contributed by atoms with Gasteiger partial charge in [0.2, 0.25) is 0 Å². The van der Waals surface area contributed by atoms with Gasteiger partial charge in [-0.1, -0.05) is 12.1 Å². The molecule has 0 aliphatic carbocycles. The fourth-order valence-corrected chi connectivity index (χ4v) is 3.43. The van der Waals surface area contributed by atoms with E-state index >= 15 is 0 Å². The van der Waals surface area contributed by atoms with Crippen LogP contribution in [0.3, 0.4) is 0 Å². The molecule has 122 valence electrons. The fraction of sp³-hybridized carbons (Fsp3) is 0.375. The van der Waals surface area contributed by atoms with E-state index in [9.17, 15) is 9.18 Å². The number of carbonyl (C=O) groups is 1. The summed E-state index contributed by atoms with van der Waals surface area (Å²) in [5.74, 6) is -0.453. The highest BCUT2D eigenvalue weighted by Gasteiger charge is 2.24. The van der Waals surface area contributed by atoms with Crippen molar-refractivity contribution in [2.75, 3.05) is 39.3 Å². The first-order chi connectivity index (χ1) is 11.2. The van der Waals surface area contributed by atoms with Crippen molar-refractivity contribution in [1.82, 2.24) is 14.8 Å². The van der Waals surface area contributed by atoms with Gasteiger partial charge in [0.15, 0.2) is 0 Å². The molecule has 0 bridgehead atoms. The molecule has 1 aromatic heterocycles. The van der Waals surface area contributed by atoms with E-state index < -0.39 is 0 Å². The Morgan fingerprint density at radius 3 is 2.70 bits per heavy atom. The minimum absolute atomic E-state index is 0.118. The van der Waals surface area contributed by atoms with Gasteiger partial charge in [-0.05, 0) is 12.1 Å². The molecule has 2 heterocycles. The molecule has 1 saturated heterocycles. The lowest BCUT2D eigenvalue weighted by atomic mass is 10.2. The second-order valence-electron chi connectivity index (χ2n) is 5.38. The maximum atomic E-state index is 13.8. The zero-order chi connectivity index (χ0) is 16.2. The Kier molecular flexibility index (Phi) is 5.00. The largest absolute Gasteiger partial charge is 0.395 e. The average molecular weight is 335 g/mol. The first kappa shape index (κ1) is 16.0. The topological polar surface area (TPSA) is 56.7 Å². The van der Waals surface area contributed by atoms with Crippen molar-refractivity contribution in [1.29, 1.82) is 0 Å². The summed E-state index contributed by atoms with van der Waals surface area (Å²) in [6.45, 7) is 3.49. The third-order valence-corrected chi connectivity index (χ3v) is 4.78. The van der Waals surface area contributed by atoms with Gasteiger partial charge in [0.1, 0.15) is 16.5 Å². The quantitative estimate of drug-likeness (QED) is 0.924. The second kappa shape index (κ2) is 7.16. The number of hydrogen-bond donors (Lipinski definition) is 1. The third-order valence-electron chi connectivity index (χ3n) is 3.90. The average Bonchev–Trinajstić information content (AvgIpc) is 3.05. The summed E-state index contributed by atoms with van der Waals surface area (Å²) in [4.78, 5) is 20.7. The lowest BCUT2D eigenvalue weighted by Gasteiger charge is -2.33. The Morgan fingerprint density at radius 1 is 1.26 bits per heavy atom. The SMILES string of the molecule is O=C(c1csc(-c2ccccc2F)n1)N1CCN(CCO)CC1. The Morgan fingerprint density at radius 2 is 2.00 bits per heavy atom. The number of aromatic nitrogens is 1. The lowest BCUT2D eigenvalue weighted by molar-refractivity contribution is 0.0610. The summed E-state index contributed by atoms with van der Waals surface area (Å²) in [7, 11) is 0. The molecule has 1 fully saturated rings. The molecular weight excluding hydrogens is 317 g/mol. The Hall–Kier alpha value is -1.83. The number of amides is 1. The van der Waals surface area contributed by atoms with Gasteiger partial charge in [-0.25, -0.2) is 9.37 Å². The number of rotatable bonds is 4. The molecule has 0 saturated carbocycles. The molecule has 23 heavy (non-hydrogen) atoms. The van der Waals surface area contributed by atoms with Gasteiger partial charge in [0.25, 0.3) is 5.91 Å². The van der Waals surface area contributed by atoms with Crippen LogP contribution in [-0.4, -0.2) is 65.1 Å². The van der Waals surface area contributed by atoms with Crippen molar-refractivity contribution in [2.45, 2.75) is 0 Å². The zero-order valence-corrected chi connectivity index (χ0v) is 13.4. The minimum Gasteiger partial charge on any atom is -0.395 e. The Labute approximate surface area is 138 Å². The first-order valence-electron chi connectivity index (χ1n) is 7.52. The van der Waals surface area contributed by atoms with Gasteiger partial charge in [-0.15, -0.1) is 11.3 Å². The first-order valence-corrected chi connectivity index (χ1v) is 8.40. The van der Waals surface area contributed by atoms with Crippen LogP contribution >= 0.6 is 11.3 Å². The number of halogens is 1. The van der Waals surface area contributed by atoms with Crippen LogP contribution in [0, 0.1) is 5.82 Å². The van der Waals surface area contributed by atoms with Crippen LogP contribution in [0.4, 0.5) is 4.39 Å². The van der Waals surface area contributed by atoms with Crippen LogP contribution in [0.1, 0.15) is 10.5 Å². The predicted octanol–water partition coefficient (Wildman–Crippen LogP) is 1.70. The lowest BCUT2D eigenvalue weighted by Crippen LogP contribution is -2.49. The van der Waals surface area contributed by atoms with Crippen molar-refractivity contribution < 1.29 is 14.3 Å². The van der Waals surface area contributed by atoms with E-state index in [1.807, 2.05) is 0 Å². The van der Waals surface area contributed by atoms with Crippen LogP contribution in [0.15, 0.2) is 29.6 Å². The van der Waals surface area contributed by atoms with Crippen LogP contribution in [-0.2, 0) is 0 Å². The highest BCUT2D eigenvalue weighted by atomic mass is 32.1. The molecule has 0 radical (unpaired) electrons. The van der Waals surface area contributed by atoms with Crippen LogP contribution < -0.4 is 0 Å². The highest BCUT2D eigenvalue weighted by molar-refractivity contribution is 7.13. The second-order valence-corrected chi connectivity index (χ2v) is 6.23. The molecule has 5 nitrogen and oxygen atoms in total. The van der Waals surface area contributed by atoms with Crippen molar-refractivity contribution in [3.63, 3.8) is 0 Å². The molecule has 2 aromatic rings. The number of aliphatic hydroxyl groups excluding tert-OH is 1. The van der Waals surface area contributed by atoms with Crippen molar-refractivity contribution in [3.8, 4) is 10.6 Å². The van der Waals surface area contributed by atoms with Gasteiger partial charge in [-0.2, -0.15) is 0 Å². The Balaban J connectivity index is 1.69. The van der Waals surface area contributed by atoms with E-state index in [0.29, 0.717) is 35.9 Å². The maximum Gasteiger partial charge on any atom is 0.273 e. The molecule has 1 aliphatic heterocycles. The van der Waals surface area contributed by atoms with E-state index in [4.69, 9.17) is 5.11 Å². The number of hydrogen-bond acceptors (Lipinski definition) is 5. The highest BCUT2D eigenvalue weighted by Crippen LogP contribution is 2.26. The van der Waals surface area contributed by atoms with Crippen molar-refractivity contribution >= 4 is 17.2 Å². The van der Waals surface area contributed by atoms with Gasteiger partial charge in [0.05, 0.1) is 6.61 Å². The summed E-state index contributed by atoms with van der Waals surface area (Å²) in [5, 5.41) is 11.1. The van der Waals surface area contributed by atoms with Crippen molar-refractivity contribution in [3.05, 3.63) is 41.2 Å². The van der Waals surface area contributed by atoms with Gasteiger partial charge < -0.3 is 10.0 Å². The Bertz CT molecular complexity index is 683. The number of carbonyl (C=O) groups excluding carboxylic acids is 1. The van der Waals surface area contributed by atoms with Gasteiger partial charge >= 0.3 is 0 Å². The molecule has 0 unspecified atom stereocenters. The van der Waals surface area contributed by atoms with Crippen molar-refractivity contribution in [2.24, 2.45) is 0 Å². The molecule has 0 atom stereocenters. The molecule has 1 amide bonds. The van der Waals surface area contributed by atoms with E-state index in [0.717, 1.165) is 13.1 Å². The molecule has 1 aliphatic rings. The predicted molar refractivity (Wildman–Crippen MR) is 86.9 cm³/mol. The van der Waals surface area contributed by atoms with Crippen LogP contribution in [0.5, 0.6) is 0 Å². The molecule has 7 heteroatoms. The van der Waals surface area contributed by atoms with Gasteiger partial charge in [-0.3, -0.25) is 9.69 Å². The summed E-state index contributed by atoms with van der Waals surface area (Å²) < 4.78 is 13.8. The molecular formula is C16H18FN3O2S. The normalized spacial score (nSPS) is 15.8. The molecule has 1 N–H and O–H groups in total. The van der Waals surface area contributed by atoms with Gasteiger partial charge in [0, 0.05) is 43.7 Å². The summed E-state index contributed by atoms with van der Waals surface area (Å²) >= 11 is 1.28. The summed E-state index contributed by atoms with van der Waals surface area (Å²) in [6, 6.07) is 6.43. The van der Waals surface area contributed by atoms with Crippen LogP contribution in [0.25, 0.3) is 10.6 Å². The van der Waals surface area contributed by atoms with E-state index in [1.165, 1.54) is 17.4 Å². The third kappa shape index (κ3) is 3.57. The number of aliphatic hydroxyl groups is 1. The number of β-amino-alcohol motifs (C(OH)–C–C–N with tert-alkyl or cyclic N) is 1.